The van der Waals surface area contributed by atoms with Gasteiger partial charge in [-0.1, -0.05) is 0 Å². The van der Waals surface area contributed by atoms with Crippen molar-refractivity contribution in [2.24, 2.45) is 0 Å². The maximum Gasteiger partial charge on any atom is 0.340 e. The molecule has 1 radical (unpaired) electrons. The highest BCUT2D eigenvalue weighted by Crippen LogP contribution is 2.24. The Kier molecular flexibility index (Phi) is 3.24. The van der Waals surface area contributed by atoms with Gasteiger partial charge in [0.05, 0.1) is 18.2 Å². The second-order valence-corrected chi connectivity index (χ2v) is 2.78. The first-order chi connectivity index (χ1) is 7.52. The predicted molar refractivity (Wildman–Crippen MR) is 51.7 cm³/mol. The summed E-state index contributed by atoms with van der Waals surface area (Å²) in [6.07, 6.45) is 1.31. The minimum absolute atomic E-state index is 0.0872. The third kappa shape index (κ3) is 1.85. The van der Waals surface area contributed by atoms with Crippen LogP contribution in [-0.4, -0.2) is 35.5 Å². The van der Waals surface area contributed by atoms with Crippen molar-refractivity contribution in [3.8, 4) is 5.75 Å². The van der Waals surface area contributed by atoms with Gasteiger partial charge < -0.3 is 14.9 Å². The second-order valence-electron chi connectivity index (χ2n) is 2.78. The van der Waals surface area contributed by atoms with E-state index in [4.69, 9.17) is 14.9 Å². The fourth-order valence-electron chi connectivity index (χ4n) is 1.25. The molecule has 0 atom stereocenters. The summed E-state index contributed by atoms with van der Waals surface area (Å²) in [5.41, 5.74) is -1.45. The van der Waals surface area contributed by atoms with E-state index < -0.39 is 28.6 Å². The van der Waals surface area contributed by atoms with Crippen LogP contribution in [0.25, 0.3) is 0 Å². The third-order valence-electron chi connectivity index (χ3n) is 1.93. The van der Waals surface area contributed by atoms with Gasteiger partial charge in [0.15, 0.2) is 0 Å². The van der Waals surface area contributed by atoms with Gasteiger partial charge in [-0.3, -0.25) is 4.79 Å². The summed E-state index contributed by atoms with van der Waals surface area (Å²) in [7, 11) is 1.22. The second kappa shape index (κ2) is 4.43. The van der Waals surface area contributed by atoms with Crippen LogP contribution >= 0.6 is 0 Å². The molecule has 1 rings (SSSR count). The molecule has 1 aromatic carbocycles. The quantitative estimate of drug-likeness (QED) is 0.772. The van der Waals surface area contributed by atoms with Gasteiger partial charge >= 0.3 is 11.9 Å². The molecule has 0 unspecified atom stereocenters. The molecule has 6 heteroatoms. The van der Waals surface area contributed by atoms with Crippen molar-refractivity contribution in [2.75, 3.05) is 7.11 Å². The molecule has 0 aliphatic rings. The lowest BCUT2D eigenvalue weighted by atomic mass is 10.0. The SMILES string of the molecule is COc1ccc(C(=O)O)c([C]=O)c1C(=O)O. The molecule has 0 fully saturated rings. The van der Waals surface area contributed by atoms with Crippen LogP contribution in [0.15, 0.2) is 12.1 Å². The number of hydrogen-bond donors (Lipinski definition) is 2. The summed E-state index contributed by atoms with van der Waals surface area (Å²) in [4.78, 5) is 32.2. The van der Waals surface area contributed by atoms with Gasteiger partial charge in [0, 0.05) is 0 Å². The van der Waals surface area contributed by atoms with Gasteiger partial charge in [0.2, 0.25) is 6.29 Å². The molecule has 16 heavy (non-hydrogen) atoms. The zero-order valence-electron chi connectivity index (χ0n) is 8.18. The number of carboxylic acids is 2. The first-order valence-corrected chi connectivity index (χ1v) is 4.08. The molecule has 0 saturated carbocycles. The summed E-state index contributed by atoms with van der Waals surface area (Å²) in [6, 6.07) is 2.27. The minimum atomic E-state index is -1.45. The number of carbonyl (C=O) groups excluding carboxylic acids is 1. The van der Waals surface area contributed by atoms with Crippen molar-refractivity contribution < 1.29 is 29.3 Å². The van der Waals surface area contributed by atoms with E-state index in [1.165, 1.54) is 19.5 Å². The number of benzene rings is 1. The van der Waals surface area contributed by atoms with Crippen LogP contribution in [0.1, 0.15) is 26.3 Å². The fourth-order valence-corrected chi connectivity index (χ4v) is 1.25. The summed E-state index contributed by atoms with van der Waals surface area (Å²) in [6.45, 7) is 0. The Balaban J connectivity index is 3.62. The number of ether oxygens (including phenoxy) is 1. The Hall–Kier alpha value is -2.37. The topological polar surface area (TPSA) is 101 Å². The Labute approximate surface area is 90.1 Å². The molecule has 6 nitrogen and oxygen atoms in total. The van der Waals surface area contributed by atoms with Crippen LogP contribution in [0.5, 0.6) is 5.75 Å². The summed E-state index contributed by atoms with van der Waals surface area (Å²) in [5.74, 6) is -2.93. The molecule has 1 aromatic rings. The molecule has 2 N–H and O–H groups in total. The van der Waals surface area contributed by atoms with Crippen LogP contribution in [0.3, 0.4) is 0 Å². The molecule has 83 valence electrons. The van der Waals surface area contributed by atoms with Crippen molar-refractivity contribution in [1.82, 2.24) is 0 Å². The maximum absolute atomic E-state index is 10.9. The van der Waals surface area contributed by atoms with E-state index in [1.807, 2.05) is 0 Å². The lowest BCUT2D eigenvalue weighted by Gasteiger charge is -2.08. The third-order valence-corrected chi connectivity index (χ3v) is 1.93. The number of carboxylic acid groups (broad SMARTS) is 2. The van der Waals surface area contributed by atoms with Gasteiger partial charge in [-0.2, -0.15) is 0 Å². The molecule has 0 aliphatic heterocycles. The van der Waals surface area contributed by atoms with Crippen molar-refractivity contribution >= 4 is 18.2 Å². The summed E-state index contributed by atoms with van der Waals surface area (Å²) < 4.78 is 4.73. The normalized spacial score (nSPS) is 9.56. The number of aromatic carboxylic acids is 2. The standard InChI is InChI=1S/C10H7O6/c1-16-7-3-2-5(9(12)13)6(4-11)8(7)10(14)15/h2-3H,1H3,(H,12,13)(H,14,15). The monoisotopic (exact) mass is 223 g/mol. The lowest BCUT2D eigenvalue weighted by Crippen LogP contribution is -2.11. The largest absolute Gasteiger partial charge is 0.496 e. The lowest BCUT2D eigenvalue weighted by molar-refractivity contribution is 0.0693. The fraction of sp³-hybridized carbons (Fsp3) is 0.100. The molecular formula is C10H7O6. The summed E-state index contributed by atoms with van der Waals surface area (Å²) >= 11 is 0. The molecule has 0 heterocycles. The molecule has 0 amide bonds. The number of carbonyl (C=O) groups is 2. The Morgan fingerprint density at radius 1 is 1.25 bits per heavy atom. The Morgan fingerprint density at radius 2 is 1.88 bits per heavy atom. The molecule has 0 aliphatic carbocycles. The zero-order chi connectivity index (χ0) is 12.3. The highest BCUT2D eigenvalue weighted by molar-refractivity contribution is 6.07. The van der Waals surface area contributed by atoms with Crippen molar-refractivity contribution in [1.29, 1.82) is 0 Å². The van der Waals surface area contributed by atoms with Crippen molar-refractivity contribution in [3.05, 3.63) is 28.8 Å². The highest BCUT2D eigenvalue weighted by Gasteiger charge is 2.23. The summed E-state index contributed by atoms with van der Waals surface area (Å²) in [5, 5.41) is 17.6. The molecule has 0 spiro atoms. The molecule has 0 saturated heterocycles. The van der Waals surface area contributed by atoms with Crippen LogP contribution in [0.4, 0.5) is 0 Å². The molecule has 0 aromatic heterocycles. The van der Waals surface area contributed by atoms with E-state index in [-0.39, 0.29) is 5.75 Å². The van der Waals surface area contributed by atoms with E-state index in [9.17, 15) is 14.4 Å². The highest BCUT2D eigenvalue weighted by atomic mass is 16.5. The van der Waals surface area contributed by atoms with Crippen LogP contribution in [0.2, 0.25) is 0 Å². The average molecular weight is 223 g/mol. The smallest absolute Gasteiger partial charge is 0.340 e. The first kappa shape index (κ1) is 11.7. The van der Waals surface area contributed by atoms with Crippen LogP contribution < -0.4 is 4.74 Å². The van der Waals surface area contributed by atoms with Crippen molar-refractivity contribution in [2.45, 2.75) is 0 Å². The van der Waals surface area contributed by atoms with E-state index in [0.29, 0.717) is 0 Å². The van der Waals surface area contributed by atoms with E-state index in [1.54, 1.807) is 0 Å². The maximum atomic E-state index is 10.9. The number of rotatable bonds is 4. The van der Waals surface area contributed by atoms with E-state index in [2.05, 4.69) is 0 Å². The van der Waals surface area contributed by atoms with Crippen LogP contribution in [0, 0.1) is 0 Å². The zero-order valence-corrected chi connectivity index (χ0v) is 8.18. The molecule has 0 bridgehead atoms. The average Bonchev–Trinajstić information content (AvgIpc) is 2.26. The van der Waals surface area contributed by atoms with E-state index in [0.717, 1.165) is 6.07 Å². The van der Waals surface area contributed by atoms with E-state index >= 15 is 0 Å². The minimum Gasteiger partial charge on any atom is -0.496 e. The number of methoxy groups -OCH3 is 1. The van der Waals surface area contributed by atoms with Gasteiger partial charge in [-0.25, -0.2) is 9.59 Å². The first-order valence-electron chi connectivity index (χ1n) is 4.08. The Bertz CT molecular complexity index is 463. The van der Waals surface area contributed by atoms with Gasteiger partial charge in [-0.15, -0.1) is 0 Å². The predicted octanol–water partition coefficient (Wildman–Crippen LogP) is 0.549. The van der Waals surface area contributed by atoms with Crippen molar-refractivity contribution in [3.63, 3.8) is 0 Å². The van der Waals surface area contributed by atoms with Gasteiger partial charge in [0.25, 0.3) is 0 Å². The number of hydrogen-bond acceptors (Lipinski definition) is 4. The van der Waals surface area contributed by atoms with Crippen LogP contribution in [-0.2, 0) is 4.79 Å². The Morgan fingerprint density at radius 3 is 2.25 bits per heavy atom. The van der Waals surface area contributed by atoms with Gasteiger partial charge in [-0.05, 0) is 12.1 Å². The molecular weight excluding hydrogens is 216 g/mol. The van der Waals surface area contributed by atoms with Gasteiger partial charge in [0.1, 0.15) is 11.3 Å².